The number of hydrogen-bond donors (Lipinski definition) is 1. The van der Waals surface area contributed by atoms with E-state index < -0.39 is 0 Å². The van der Waals surface area contributed by atoms with Crippen molar-refractivity contribution < 1.29 is 19.0 Å². The van der Waals surface area contributed by atoms with Crippen LogP contribution in [0.5, 0.6) is 11.5 Å². The van der Waals surface area contributed by atoms with E-state index in [-0.39, 0.29) is 5.97 Å². The van der Waals surface area contributed by atoms with Crippen LogP contribution in [0.25, 0.3) is 0 Å². The lowest BCUT2D eigenvalue weighted by Gasteiger charge is -2.10. The zero-order valence-electron chi connectivity index (χ0n) is 11.0. The fourth-order valence-corrected chi connectivity index (χ4v) is 1.49. The molecule has 0 aliphatic rings. The molecule has 0 aliphatic carbocycles. The molecule has 5 heteroatoms. The van der Waals surface area contributed by atoms with Crippen molar-refractivity contribution in [3.63, 3.8) is 0 Å². The molecule has 0 heterocycles. The Morgan fingerprint density at radius 3 is 2.56 bits per heavy atom. The van der Waals surface area contributed by atoms with Crippen LogP contribution in [0, 0.1) is 0 Å². The van der Waals surface area contributed by atoms with Gasteiger partial charge in [0, 0.05) is 20.0 Å². The molecule has 1 rings (SSSR count). The van der Waals surface area contributed by atoms with Gasteiger partial charge in [0.15, 0.2) is 11.5 Å². The highest BCUT2D eigenvalue weighted by Gasteiger charge is 2.04. The molecule has 0 atom stereocenters. The normalized spacial score (nSPS) is 9.94. The Balaban J connectivity index is 2.40. The zero-order chi connectivity index (χ0) is 13.4. The van der Waals surface area contributed by atoms with Gasteiger partial charge in [-0.25, -0.2) is 0 Å². The third-order valence-electron chi connectivity index (χ3n) is 2.36. The van der Waals surface area contributed by atoms with Crippen LogP contribution in [0.3, 0.4) is 0 Å². The van der Waals surface area contributed by atoms with Crippen LogP contribution >= 0.6 is 0 Å². The van der Waals surface area contributed by atoms with Crippen molar-refractivity contribution in [3.8, 4) is 11.5 Å². The molecule has 1 aromatic rings. The molecule has 100 valence electrons. The topological polar surface area (TPSA) is 56.8 Å². The number of methoxy groups -OCH3 is 2. The molecule has 5 nitrogen and oxygen atoms in total. The number of benzene rings is 1. The van der Waals surface area contributed by atoms with Crippen LogP contribution in [0.4, 0.5) is 0 Å². The molecule has 0 amide bonds. The molecule has 18 heavy (non-hydrogen) atoms. The molecule has 1 aromatic carbocycles. The van der Waals surface area contributed by atoms with E-state index in [0.717, 1.165) is 5.56 Å². The van der Waals surface area contributed by atoms with Gasteiger partial charge in [0.25, 0.3) is 0 Å². The summed E-state index contributed by atoms with van der Waals surface area (Å²) in [6.07, 6.45) is 0. The average Bonchev–Trinajstić information content (AvgIpc) is 2.37. The highest BCUT2D eigenvalue weighted by molar-refractivity contribution is 5.65. The Labute approximate surface area is 107 Å². The predicted molar refractivity (Wildman–Crippen MR) is 67.9 cm³/mol. The maximum Gasteiger partial charge on any atom is 0.302 e. The first kappa shape index (κ1) is 14.3. The zero-order valence-corrected chi connectivity index (χ0v) is 11.0. The molecule has 0 spiro atoms. The summed E-state index contributed by atoms with van der Waals surface area (Å²) >= 11 is 0. The summed E-state index contributed by atoms with van der Waals surface area (Å²) in [5.74, 6) is 1.15. The van der Waals surface area contributed by atoms with Gasteiger partial charge in [0.2, 0.25) is 0 Å². The number of rotatable bonds is 7. The maximum absolute atomic E-state index is 10.6. The van der Waals surface area contributed by atoms with Gasteiger partial charge in [0.05, 0.1) is 14.2 Å². The number of hydrogen-bond acceptors (Lipinski definition) is 5. The minimum absolute atomic E-state index is 0.261. The van der Waals surface area contributed by atoms with Gasteiger partial charge < -0.3 is 19.5 Å². The number of nitrogens with one attached hydrogen (secondary N) is 1. The van der Waals surface area contributed by atoms with Gasteiger partial charge in [-0.15, -0.1) is 0 Å². The second-order valence-corrected chi connectivity index (χ2v) is 3.71. The minimum atomic E-state index is -0.261. The van der Waals surface area contributed by atoms with Crippen molar-refractivity contribution in [3.05, 3.63) is 23.8 Å². The summed E-state index contributed by atoms with van der Waals surface area (Å²) in [7, 11) is 3.21. The van der Waals surface area contributed by atoms with Crippen LogP contribution < -0.4 is 14.8 Å². The fraction of sp³-hybridized carbons (Fsp3) is 0.462. The van der Waals surface area contributed by atoms with Crippen molar-refractivity contribution in [1.82, 2.24) is 5.32 Å². The molecule has 1 N–H and O–H groups in total. The molecule has 0 radical (unpaired) electrons. The third-order valence-corrected chi connectivity index (χ3v) is 2.36. The molecular weight excluding hydrogens is 234 g/mol. The Morgan fingerprint density at radius 2 is 1.94 bits per heavy atom. The van der Waals surface area contributed by atoms with E-state index in [9.17, 15) is 4.79 Å². The molecule has 0 saturated carbocycles. The molecule has 0 aliphatic heterocycles. The summed E-state index contributed by atoms with van der Waals surface area (Å²) in [6.45, 7) is 3.08. The van der Waals surface area contributed by atoms with Crippen molar-refractivity contribution in [1.29, 1.82) is 0 Å². The van der Waals surface area contributed by atoms with Gasteiger partial charge in [-0.3, -0.25) is 4.79 Å². The average molecular weight is 253 g/mol. The lowest BCUT2D eigenvalue weighted by molar-refractivity contribution is -0.140. The smallest absolute Gasteiger partial charge is 0.302 e. The lowest BCUT2D eigenvalue weighted by Crippen LogP contribution is -2.20. The first-order valence-electron chi connectivity index (χ1n) is 5.72. The summed E-state index contributed by atoms with van der Waals surface area (Å²) in [5, 5.41) is 3.17. The Bertz CT molecular complexity index is 393. The van der Waals surface area contributed by atoms with E-state index in [1.54, 1.807) is 14.2 Å². The molecule has 0 saturated heterocycles. The fourth-order valence-electron chi connectivity index (χ4n) is 1.49. The maximum atomic E-state index is 10.6. The number of esters is 1. The van der Waals surface area contributed by atoms with Crippen LogP contribution in [0.15, 0.2) is 18.2 Å². The van der Waals surface area contributed by atoms with E-state index in [1.807, 2.05) is 18.2 Å². The molecule has 0 bridgehead atoms. The predicted octanol–water partition coefficient (Wildman–Crippen LogP) is 1.36. The molecule has 0 aromatic heterocycles. The SMILES string of the molecule is COc1ccc(CNCCOC(C)=O)cc1OC. The highest BCUT2D eigenvalue weighted by atomic mass is 16.5. The summed E-state index contributed by atoms with van der Waals surface area (Å²) in [4.78, 5) is 10.6. The van der Waals surface area contributed by atoms with Crippen molar-refractivity contribution in [2.45, 2.75) is 13.5 Å². The van der Waals surface area contributed by atoms with Gasteiger partial charge in [-0.1, -0.05) is 6.07 Å². The van der Waals surface area contributed by atoms with Crippen molar-refractivity contribution in [2.24, 2.45) is 0 Å². The number of carbonyl (C=O) groups excluding carboxylic acids is 1. The second-order valence-electron chi connectivity index (χ2n) is 3.71. The Kier molecular flexibility index (Phi) is 6.00. The third kappa shape index (κ3) is 4.63. The first-order chi connectivity index (χ1) is 8.67. The molecule has 0 unspecified atom stereocenters. The molecule has 0 fully saturated rings. The van der Waals surface area contributed by atoms with Crippen LogP contribution in [-0.4, -0.2) is 33.3 Å². The van der Waals surface area contributed by atoms with E-state index in [4.69, 9.17) is 14.2 Å². The van der Waals surface area contributed by atoms with Crippen LogP contribution in [0.2, 0.25) is 0 Å². The van der Waals surface area contributed by atoms with Crippen LogP contribution in [0.1, 0.15) is 12.5 Å². The highest BCUT2D eigenvalue weighted by Crippen LogP contribution is 2.27. The monoisotopic (exact) mass is 253 g/mol. The lowest BCUT2D eigenvalue weighted by atomic mass is 10.2. The van der Waals surface area contributed by atoms with Gasteiger partial charge in [-0.2, -0.15) is 0 Å². The second kappa shape index (κ2) is 7.55. The summed E-state index contributed by atoms with van der Waals surface area (Å²) in [5.41, 5.74) is 1.08. The standard InChI is InChI=1S/C13H19NO4/c1-10(15)18-7-6-14-9-11-4-5-12(16-2)13(8-11)17-3/h4-5,8,14H,6-7,9H2,1-3H3. The summed E-state index contributed by atoms with van der Waals surface area (Å²) < 4.78 is 15.2. The van der Waals surface area contributed by atoms with E-state index >= 15 is 0 Å². The number of carbonyl (C=O) groups is 1. The van der Waals surface area contributed by atoms with Crippen LogP contribution in [-0.2, 0) is 16.1 Å². The van der Waals surface area contributed by atoms with E-state index in [2.05, 4.69) is 5.32 Å². The first-order valence-corrected chi connectivity index (χ1v) is 5.72. The Hall–Kier alpha value is -1.75. The van der Waals surface area contributed by atoms with Gasteiger partial charge >= 0.3 is 5.97 Å². The van der Waals surface area contributed by atoms with Crippen molar-refractivity contribution in [2.75, 3.05) is 27.4 Å². The van der Waals surface area contributed by atoms with Crippen molar-refractivity contribution >= 4 is 5.97 Å². The Morgan fingerprint density at radius 1 is 1.22 bits per heavy atom. The van der Waals surface area contributed by atoms with E-state index in [0.29, 0.717) is 31.2 Å². The largest absolute Gasteiger partial charge is 0.493 e. The van der Waals surface area contributed by atoms with Gasteiger partial charge in [0.1, 0.15) is 6.61 Å². The quantitative estimate of drug-likeness (QED) is 0.587. The molecular formula is C13H19NO4. The number of ether oxygens (including phenoxy) is 3. The minimum Gasteiger partial charge on any atom is -0.493 e. The summed E-state index contributed by atoms with van der Waals surface area (Å²) in [6, 6.07) is 5.74. The van der Waals surface area contributed by atoms with E-state index in [1.165, 1.54) is 6.92 Å². The van der Waals surface area contributed by atoms with Gasteiger partial charge in [-0.05, 0) is 17.7 Å².